The highest BCUT2D eigenvalue weighted by Gasteiger charge is 2.25. The molecule has 0 unspecified atom stereocenters. The highest BCUT2D eigenvalue weighted by molar-refractivity contribution is 9.10. The summed E-state index contributed by atoms with van der Waals surface area (Å²) in [6.45, 7) is 0. The smallest absolute Gasteiger partial charge is 0.250 e. The van der Waals surface area contributed by atoms with E-state index in [1.807, 2.05) is 30.3 Å². The number of rotatable bonds is 4. The van der Waals surface area contributed by atoms with Gasteiger partial charge in [0.2, 0.25) is 0 Å². The second-order valence-corrected chi connectivity index (χ2v) is 6.01. The SMILES string of the molecule is NC(=O)c1cc(-c2cccc(Br)c2)[nH]c1CC1CC1. The summed E-state index contributed by atoms with van der Waals surface area (Å²) in [7, 11) is 0. The van der Waals surface area contributed by atoms with Crippen LogP contribution in [0.5, 0.6) is 0 Å². The molecule has 2 aromatic rings. The maximum absolute atomic E-state index is 11.5. The number of amides is 1. The maximum atomic E-state index is 11.5. The predicted octanol–water partition coefficient (Wildman–Crippen LogP) is 3.50. The van der Waals surface area contributed by atoms with Crippen LogP contribution in [0.3, 0.4) is 0 Å². The molecule has 1 aromatic carbocycles. The first-order valence-corrected chi connectivity index (χ1v) is 7.20. The van der Waals surface area contributed by atoms with Crippen molar-refractivity contribution >= 4 is 21.8 Å². The summed E-state index contributed by atoms with van der Waals surface area (Å²) in [5.41, 5.74) is 9.07. The number of carbonyl (C=O) groups is 1. The molecule has 1 heterocycles. The fraction of sp³-hybridized carbons (Fsp3) is 0.267. The monoisotopic (exact) mass is 318 g/mol. The summed E-state index contributed by atoms with van der Waals surface area (Å²) < 4.78 is 1.02. The minimum absolute atomic E-state index is 0.354. The zero-order chi connectivity index (χ0) is 13.4. The molecule has 3 rings (SSSR count). The number of hydrogen-bond acceptors (Lipinski definition) is 1. The van der Waals surface area contributed by atoms with Crippen molar-refractivity contribution in [1.29, 1.82) is 0 Å². The third-order valence-electron chi connectivity index (χ3n) is 3.49. The van der Waals surface area contributed by atoms with E-state index in [4.69, 9.17) is 5.73 Å². The van der Waals surface area contributed by atoms with Gasteiger partial charge in [0, 0.05) is 15.9 Å². The summed E-state index contributed by atoms with van der Waals surface area (Å²) in [5.74, 6) is 0.361. The average Bonchev–Trinajstić information content (AvgIpc) is 3.06. The van der Waals surface area contributed by atoms with Crippen LogP contribution in [-0.2, 0) is 6.42 Å². The number of nitrogens with two attached hydrogens (primary N) is 1. The van der Waals surface area contributed by atoms with Crippen LogP contribution in [0, 0.1) is 5.92 Å². The molecule has 0 aliphatic heterocycles. The zero-order valence-corrected chi connectivity index (χ0v) is 12.0. The van der Waals surface area contributed by atoms with Crippen molar-refractivity contribution in [2.75, 3.05) is 0 Å². The van der Waals surface area contributed by atoms with E-state index in [1.54, 1.807) is 0 Å². The largest absolute Gasteiger partial charge is 0.366 e. The Balaban J connectivity index is 1.99. The lowest BCUT2D eigenvalue weighted by atomic mass is 10.1. The molecule has 0 radical (unpaired) electrons. The molecule has 0 bridgehead atoms. The first kappa shape index (κ1) is 12.5. The molecule has 0 saturated heterocycles. The Morgan fingerprint density at radius 2 is 2.16 bits per heavy atom. The molecular weight excluding hydrogens is 304 g/mol. The molecule has 0 atom stereocenters. The summed E-state index contributed by atoms with van der Waals surface area (Å²) in [5, 5.41) is 0. The summed E-state index contributed by atoms with van der Waals surface area (Å²) >= 11 is 3.46. The summed E-state index contributed by atoms with van der Waals surface area (Å²) in [4.78, 5) is 14.9. The van der Waals surface area contributed by atoms with Gasteiger partial charge in [-0.25, -0.2) is 0 Å². The van der Waals surface area contributed by atoms with Gasteiger partial charge in [-0.1, -0.05) is 28.1 Å². The van der Waals surface area contributed by atoms with Gasteiger partial charge in [-0.3, -0.25) is 4.79 Å². The maximum Gasteiger partial charge on any atom is 0.250 e. The number of halogens is 1. The fourth-order valence-electron chi connectivity index (χ4n) is 2.30. The van der Waals surface area contributed by atoms with Crippen molar-refractivity contribution in [1.82, 2.24) is 4.98 Å². The lowest BCUT2D eigenvalue weighted by Crippen LogP contribution is -2.12. The van der Waals surface area contributed by atoms with Crippen molar-refractivity contribution in [3.05, 3.63) is 46.1 Å². The van der Waals surface area contributed by atoms with Gasteiger partial charge < -0.3 is 10.7 Å². The zero-order valence-electron chi connectivity index (χ0n) is 10.4. The number of primary amides is 1. The second kappa shape index (κ2) is 4.85. The molecule has 98 valence electrons. The third kappa shape index (κ3) is 2.73. The molecule has 1 aromatic heterocycles. The molecule has 0 spiro atoms. The van der Waals surface area contributed by atoms with Crippen LogP contribution in [-0.4, -0.2) is 10.9 Å². The van der Waals surface area contributed by atoms with Crippen LogP contribution in [0.4, 0.5) is 0 Å². The Bertz CT molecular complexity index is 629. The van der Waals surface area contributed by atoms with Gasteiger partial charge in [0.15, 0.2) is 0 Å². The van der Waals surface area contributed by atoms with E-state index in [-0.39, 0.29) is 5.91 Å². The van der Waals surface area contributed by atoms with E-state index in [9.17, 15) is 4.79 Å². The molecule has 4 heteroatoms. The van der Waals surface area contributed by atoms with Crippen LogP contribution in [0.2, 0.25) is 0 Å². The Kier molecular flexibility index (Phi) is 3.19. The average molecular weight is 319 g/mol. The Labute approximate surface area is 120 Å². The van der Waals surface area contributed by atoms with Gasteiger partial charge in [-0.15, -0.1) is 0 Å². The fourth-order valence-corrected chi connectivity index (χ4v) is 2.70. The molecule has 1 amide bonds. The normalized spacial score (nSPS) is 14.6. The standard InChI is InChI=1S/C15H15BrN2O/c16-11-3-1-2-10(7-11)13-8-12(15(17)19)14(18-13)6-9-4-5-9/h1-3,7-9,18H,4-6H2,(H2,17,19). The third-order valence-corrected chi connectivity index (χ3v) is 3.98. The van der Waals surface area contributed by atoms with E-state index in [0.29, 0.717) is 11.5 Å². The lowest BCUT2D eigenvalue weighted by Gasteiger charge is -2.00. The number of aromatic amines is 1. The number of carbonyl (C=O) groups excluding carboxylic acids is 1. The number of nitrogens with one attached hydrogen (secondary N) is 1. The Hall–Kier alpha value is -1.55. The number of benzene rings is 1. The van der Waals surface area contributed by atoms with Crippen molar-refractivity contribution < 1.29 is 4.79 Å². The molecule has 1 aliphatic rings. The molecule has 19 heavy (non-hydrogen) atoms. The number of H-pyrrole nitrogens is 1. The lowest BCUT2D eigenvalue weighted by molar-refractivity contribution is 0.0999. The number of hydrogen-bond donors (Lipinski definition) is 2. The van der Waals surface area contributed by atoms with E-state index >= 15 is 0 Å². The molecule has 3 nitrogen and oxygen atoms in total. The van der Waals surface area contributed by atoms with Crippen LogP contribution in [0.15, 0.2) is 34.8 Å². The Morgan fingerprint density at radius 1 is 1.37 bits per heavy atom. The van der Waals surface area contributed by atoms with Gasteiger partial charge >= 0.3 is 0 Å². The van der Waals surface area contributed by atoms with Crippen LogP contribution in [0.25, 0.3) is 11.3 Å². The summed E-state index contributed by atoms with van der Waals surface area (Å²) in [6, 6.07) is 9.86. The predicted molar refractivity (Wildman–Crippen MR) is 78.9 cm³/mol. The van der Waals surface area contributed by atoms with Crippen LogP contribution in [0.1, 0.15) is 28.9 Å². The molecule has 1 aliphatic carbocycles. The topological polar surface area (TPSA) is 58.9 Å². The van der Waals surface area contributed by atoms with Crippen LogP contribution < -0.4 is 5.73 Å². The van der Waals surface area contributed by atoms with Crippen molar-refractivity contribution in [2.45, 2.75) is 19.3 Å². The first-order chi connectivity index (χ1) is 9.13. The van der Waals surface area contributed by atoms with E-state index in [2.05, 4.69) is 20.9 Å². The van der Waals surface area contributed by atoms with Crippen molar-refractivity contribution in [3.8, 4) is 11.3 Å². The highest BCUT2D eigenvalue weighted by Crippen LogP contribution is 2.34. The minimum atomic E-state index is -0.354. The molecule has 3 N–H and O–H groups in total. The van der Waals surface area contributed by atoms with Gasteiger partial charge in [-0.05, 0) is 48.9 Å². The van der Waals surface area contributed by atoms with Crippen molar-refractivity contribution in [3.63, 3.8) is 0 Å². The van der Waals surface area contributed by atoms with Gasteiger partial charge in [-0.2, -0.15) is 0 Å². The quantitative estimate of drug-likeness (QED) is 0.890. The number of aromatic nitrogens is 1. The first-order valence-electron chi connectivity index (χ1n) is 6.41. The van der Waals surface area contributed by atoms with Gasteiger partial charge in [0.25, 0.3) is 5.91 Å². The molecular formula is C15H15BrN2O. The van der Waals surface area contributed by atoms with Crippen LogP contribution >= 0.6 is 15.9 Å². The second-order valence-electron chi connectivity index (χ2n) is 5.10. The highest BCUT2D eigenvalue weighted by atomic mass is 79.9. The summed E-state index contributed by atoms with van der Waals surface area (Å²) in [6.07, 6.45) is 3.43. The van der Waals surface area contributed by atoms with Crippen molar-refractivity contribution in [2.24, 2.45) is 11.7 Å². The van der Waals surface area contributed by atoms with E-state index in [1.165, 1.54) is 12.8 Å². The van der Waals surface area contributed by atoms with Gasteiger partial charge in [0.1, 0.15) is 0 Å². The minimum Gasteiger partial charge on any atom is -0.366 e. The Morgan fingerprint density at radius 3 is 2.79 bits per heavy atom. The van der Waals surface area contributed by atoms with E-state index in [0.717, 1.165) is 27.8 Å². The van der Waals surface area contributed by atoms with Gasteiger partial charge in [0.05, 0.1) is 5.56 Å². The molecule has 1 fully saturated rings. The molecule has 1 saturated carbocycles. The van der Waals surface area contributed by atoms with E-state index < -0.39 is 0 Å².